The van der Waals surface area contributed by atoms with Gasteiger partial charge in [0.1, 0.15) is 0 Å². The fourth-order valence-corrected chi connectivity index (χ4v) is 2.32. The van der Waals surface area contributed by atoms with E-state index in [2.05, 4.69) is 4.74 Å². The molecule has 0 saturated carbocycles. The number of esters is 1. The molecule has 5 heteroatoms. The third-order valence-corrected chi connectivity index (χ3v) is 3.47. The van der Waals surface area contributed by atoms with Gasteiger partial charge in [-0.1, -0.05) is 17.7 Å². The summed E-state index contributed by atoms with van der Waals surface area (Å²) in [5, 5.41) is 9.51. The van der Waals surface area contributed by atoms with Crippen LogP contribution < -0.4 is 0 Å². The molecule has 1 N–H and O–H groups in total. The van der Waals surface area contributed by atoms with Crippen LogP contribution in [0.4, 0.5) is 0 Å². The van der Waals surface area contributed by atoms with Crippen molar-refractivity contribution in [3.8, 4) is 0 Å². The summed E-state index contributed by atoms with van der Waals surface area (Å²) in [4.78, 5) is 11.8. The molecular formula is C11H13ClO3S. The van der Waals surface area contributed by atoms with Crippen LogP contribution in [0.15, 0.2) is 23.1 Å². The van der Waals surface area contributed by atoms with Crippen molar-refractivity contribution in [1.29, 1.82) is 0 Å². The monoisotopic (exact) mass is 260 g/mol. The summed E-state index contributed by atoms with van der Waals surface area (Å²) in [5.74, 6) is 0.404. The van der Waals surface area contributed by atoms with Gasteiger partial charge in [0.25, 0.3) is 0 Å². The van der Waals surface area contributed by atoms with Gasteiger partial charge in [0.15, 0.2) is 0 Å². The normalized spacial score (nSPS) is 10.2. The third-order valence-electron chi connectivity index (χ3n) is 1.97. The van der Waals surface area contributed by atoms with E-state index in [1.165, 1.54) is 18.9 Å². The Bertz CT molecular complexity index is 368. The summed E-state index contributed by atoms with van der Waals surface area (Å²) in [7, 11) is 1.37. The molecule has 1 rings (SSSR count). The lowest BCUT2D eigenvalue weighted by molar-refractivity contribution is -0.140. The van der Waals surface area contributed by atoms with Crippen molar-refractivity contribution < 1.29 is 14.6 Å². The zero-order valence-corrected chi connectivity index (χ0v) is 10.5. The molecule has 1 aromatic carbocycles. The van der Waals surface area contributed by atoms with E-state index >= 15 is 0 Å². The van der Waals surface area contributed by atoms with Gasteiger partial charge in [-0.15, -0.1) is 11.8 Å². The highest BCUT2D eigenvalue weighted by Crippen LogP contribution is 2.28. The Labute approximate surface area is 104 Å². The van der Waals surface area contributed by atoms with E-state index in [0.29, 0.717) is 17.2 Å². The summed E-state index contributed by atoms with van der Waals surface area (Å²) in [5.41, 5.74) is 0.780. The van der Waals surface area contributed by atoms with Gasteiger partial charge in [0, 0.05) is 10.6 Å². The molecule has 3 nitrogen and oxygen atoms in total. The standard InChI is InChI=1S/C11H13ClO3S/c1-15-11(14)4-5-16-10-3-2-8(7-13)6-9(10)12/h2-3,6,13H,4-5,7H2,1H3. The summed E-state index contributed by atoms with van der Waals surface area (Å²) < 4.78 is 4.54. The third kappa shape index (κ3) is 4.04. The number of thioether (sulfide) groups is 1. The van der Waals surface area contributed by atoms with E-state index in [1.807, 2.05) is 12.1 Å². The fraction of sp³-hybridized carbons (Fsp3) is 0.364. The molecule has 0 aliphatic carbocycles. The topological polar surface area (TPSA) is 46.5 Å². The lowest BCUT2D eigenvalue weighted by Gasteiger charge is -2.05. The van der Waals surface area contributed by atoms with Crippen LogP contribution in [0, 0.1) is 0 Å². The molecule has 0 heterocycles. The molecule has 0 aromatic heterocycles. The van der Waals surface area contributed by atoms with Crippen LogP contribution in [0.1, 0.15) is 12.0 Å². The Hall–Kier alpha value is -0.710. The Balaban J connectivity index is 2.51. The zero-order valence-electron chi connectivity index (χ0n) is 8.90. The predicted octanol–water partition coefficient (Wildman–Crippen LogP) is 2.49. The molecule has 0 fully saturated rings. The van der Waals surface area contributed by atoms with Crippen molar-refractivity contribution in [2.45, 2.75) is 17.9 Å². The molecule has 0 aliphatic rings. The maximum Gasteiger partial charge on any atom is 0.306 e. The van der Waals surface area contributed by atoms with Crippen molar-refractivity contribution in [1.82, 2.24) is 0 Å². The maximum absolute atomic E-state index is 10.9. The number of halogens is 1. The van der Waals surface area contributed by atoms with Crippen LogP contribution >= 0.6 is 23.4 Å². The van der Waals surface area contributed by atoms with Crippen LogP contribution in [-0.2, 0) is 16.1 Å². The molecule has 0 radical (unpaired) electrons. The molecule has 0 unspecified atom stereocenters. The number of hydrogen-bond donors (Lipinski definition) is 1. The molecule has 0 bridgehead atoms. The van der Waals surface area contributed by atoms with Crippen molar-refractivity contribution in [3.63, 3.8) is 0 Å². The summed E-state index contributed by atoms with van der Waals surface area (Å²) in [6, 6.07) is 5.38. The number of carbonyl (C=O) groups excluding carboxylic acids is 1. The van der Waals surface area contributed by atoms with Gasteiger partial charge in [-0.2, -0.15) is 0 Å². The van der Waals surface area contributed by atoms with E-state index in [1.54, 1.807) is 6.07 Å². The molecule has 16 heavy (non-hydrogen) atoms. The first-order valence-corrected chi connectivity index (χ1v) is 6.12. The number of aliphatic hydroxyl groups is 1. The highest BCUT2D eigenvalue weighted by Gasteiger charge is 2.05. The van der Waals surface area contributed by atoms with E-state index in [0.717, 1.165) is 10.5 Å². The number of carbonyl (C=O) groups is 1. The Kier molecular flexibility index (Phi) is 5.66. The quantitative estimate of drug-likeness (QED) is 0.653. The van der Waals surface area contributed by atoms with Crippen molar-refractivity contribution in [2.75, 3.05) is 12.9 Å². The van der Waals surface area contributed by atoms with Gasteiger partial charge in [-0.3, -0.25) is 4.79 Å². The summed E-state index contributed by atoms with van der Waals surface area (Å²) in [6.45, 7) is -0.0210. The highest BCUT2D eigenvalue weighted by molar-refractivity contribution is 7.99. The lowest BCUT2D eigenvalue weighted by atomic mass is 10.2. The molecule has 0 amide bonds. The number of ether oxygens (including phenoxy) is 1. The fourth-order valence-electron chi connectivity index (χ4n) is 1.11. The first kappa shape index (κ1) is 13.4. The average molecular weight is 261 g/mol. The second-order valence-electron chi connectivity index (χ2n) is 3.10. The van der Waals surface area contributed by atoms with Crippen LogP contribution in [0.2, 0.25) is 5.02 Å². The Morgan fingerprint density at radius 2 is 2.31 bits per heavy atom. The van der Waals surface area contributed by atoms with E-state index in [4.69, 9.17) is 16.7 Å². The first-order chi connectivity index (χ1) is 7.67. The molecule has 0 spiro atoms. The molecule has 0 saturated heterocycles. The van der Waals surface area contributed by atoms with Crippen LogP contribution in [0.3, 0.4) is 0 Å². The first-order valence-electron chi connectivity index (χ1n) is 4.76. The van der Waals surface area contributed by atoms with Gasteiger partial charge >= 0.3 is 5.97 Å². The van der Waals surface area contributed by atoms with E-state index in [-0.39, 0.29) is 12.6 Å². The SMILES string of the molecule is COC(=O)CCSc1ccc(CO)cc1Cl. The number of aliphatic hydroxyl groups excluding tert-OH is 1. The Morgan fingerprint density at radius 1 is 1.56 bits per heavy atom. The second-order valence-corrected chi connectivity index (χ2v) is 4.64. The van der Waals surface area contributed by atoms with Gasteiger partial charge in [0.2, 0.25) is 0 Å². The van der Waals surface area contributed by atoms with E-state index < -0.39 is 0 Å². The van der Waals surface area contributed by atoms with Gasteiger partial charge in [-0.05, 0) is 17.7 Å². The Morgan fingerprint density at radius 3 is 2.88 bits per heavy atom. The van der Waals surface area contributed by atoms with Crippen LogP contribution in [-0.4, -0.2) is 23.9 Å². The molecule has 1 aromatic rings. The number of benzene rings is 1. The second kappa shape index (κ2) is 6.78. The minimum atomic E-state index is -0.226. The lowest BCUT2D eigenvalue weighted by Crippen LogP contribution is -2.00. The smallest absolute Gasteiger partial charge is 0.306 e. The van der Waals surface area contributed by atoms with Crippen LogP contribution in [0.5, 0.6) is 0 Å². The molecule has 0 atom stereocenters. The average Bonchev–Trinajstić information content (AvgIpc) is 2.30. The van der Waals surface area contributed by atoms with Crippen molar-refractivity contribution >= 4 is 29.3 Å². The van der Waals surface area contributed by atoms with Crippen LogP contribution in [0.25, 0.3) is 0 Å². The zero-order chi connectivity index (χ0) is 12.0. The van der Waals surface area contributed by atoms with Crippen molar-refractivity contribution in [2.24, 2.45) is 0 Å². The minimum Gasteiger partial charge on any atom is -0.469 e. The number of hydrogen-bond acceptors (Lipinski definition) is 4. The summed E-state index contributed by atoms with van der Waals surface area (Å²) >= 11 is 7.50. The highest BCUT2D eigenvalue weighted by atomic mass is 35.5. The number of rotatable bonds is 5. The molecule has 88 valence electrons. The predicted molar refractivity (Wildman–Crippen MR) is 64.7 cm³/mol. The van der Waals surface area contributed by atoms with Crippen molar-refractivity contribution in [3.05, 3.63) is 28.8 Å². The molecular weight excluding hydrogens is 248 g/mol. The van der Waals surface area contributed by atoms with E-state index in [9.17, 15) is 4.79 Å². The number of methoxy groups -OCH3 is 1. The summed E-state index contributed by atoms with van der Waals surface area (Å²) in [6.07, 6.45) is 0.360. The maximum atomic E-state index is 10.9. The van der Waals surface area contributed by atoms with Gasteiger partial charge in [-0.25, -0.2) is 0 Å². The van der Waals surface area contributed by atoms with Gasteiger partial charge < -0.3 is 9.84 Å². The van der Waals surface area contributed by atoms with Gasteiger partial charge in [0.05, 0.1) is 25.2 Å². The largest absolute Gasteiger partial charge is 0.469 e. The molecule has 0 aliphatic heterocycles. The minimum absolute atomic E-state index is 0.0210.